The van der Waals surface area contributed by atoms with Crippen LogP contribution in [0.15, 0.2) is 64.0 Å². The molecule has 7 nitrogen and oxygen atoms in total. The maximum absolute atomic E-state index is 12.6. The molecule has 1 N–H and O–H groups in total. The minimum atomic E-state index is -3.56. The summed E-state index contributed by atoms with van der Waals surface area (Å²) in [6, 6.07) is 16.0. The SMILES string of the molecule is Cc1ccc(-c2noc(C3CC(NS(=O)(=O)c4ccccc4)CN3C)n2)cc1. The molecule has 0 saturated carbocycles. The van der Waals surface area contributed by atoms with Crippen molar-refractivity contribution in [1.29, 1.82) is 0 Å². The Hall–Kier alpha value is -2.55. The van der Waals surface area contributed by atoms with E-state index in [1.807, 2.05) is 43.1 Å². The highest BCUT2D eigenvalue weighted by Gasteiger charge is 2.36. The molecule has 1 aromatic heterocycles. The van der Waals surface area contributed by atoms with E-state index in [9.17, 15) is 8.42 Å². The molecule has 8 heteroatoms. The maximum Gasteiger partial charge on any atom is 0.244 e. The van der Waals surface area contributed by atoms with E-state index in [1.165, 1.54) is 0 Å². The maximum atomic E-state index is 12.6. The molecule has 2 heterocycles. The summed E-state index contributed by atoms with van der Waals surface area (Å²) in [5.41, 5.74) is 2.05. The topological polar surface area (TPSA) is 88.3 Å². The van der Waals surface area contributed by atoms with Gasteiger partial charge in [0.25, 0.3) is 0 Å². The Labute approximate surface area is 164 Å². The van der Waals surface area contributed by atoms with Gasteiger partial charge in [-0.1, -0.05) is 53.2 Å². The van der Waals surface area contributed by atoms with Gasteiger partial charge < -0.3 is 4.52 Å². The molecule has 1 saturated heterocycles. The van der Waals surface area contributed by atoms with Crippen LogP contribution in [0.25, 0.3) is 11.4 Å². The molecule has 3 aromatic rings. The second-order valence-electron chi connectivity index (χ2n) is 7.14. The zero-order valence-corrected chi connectivity index (χ0v) is 16.6. The van der Waals surface area contributed by atoms with E-state index in [0.717, 1.165) is 11.1 Å². The first-order chi connectivity index (χ1) is 13.4. The zero-order valence-electron chi connectivity index (χ0n) is 15.7. The van der Waals surface area contributed by atoms with Crippen molar-refractivity contribution in [2.45, 2.75) is 30.3 Å². The number of aryl methyl sites for hydroxylation is 1. The van der Waals surface area contributed by atoms with E-state index in [2.05, 4.69) is 14.9 Å². The lowest BCUT2D eigenvalue weighted by Gasteiger charge is -2.14. The minimum absolute atomic E-state index is 0.129. The van der Waals surface area contributed by atoms with Crippen LogP contribution < -0.4 is 4.72 Å². The highest BCUT2D eigenvalue weighted by atomic mass is 32.2. The lowest BCUT2D eigenvalue weighted by Crippen LogP contribution is -2.36. The van der Waals surface area contributed by atoms with Crippen molar-refractivity contribution in [3.63, 3.8) is 0 Å². The molecule has 28 heavy (non-hydrogen) atoms. The molecule has 2 atom stereocenters. The summed E-state index contributed by atoms with van der Waals surface area (Å²) in [6.07, 6.45) is 0.568. The highest BCUT2D eigenvalue weighted by molar-refractivity contribution is 7.89. The largest absolute Gasteiger partial charge is 0.337 e. The van der Waals surface area contributed by atoms with E-state index in [4.69, 9.17) is 4.52 Å². The molecule has 1 aliphatic rings. The van der Waals surface area contributed by atoms with E-state index >= 15 is 0 Å². The van der Waals surface area contributed by atoms with Crippen LogP contribution in [-0.2, 0) is 10.0 Å². The second-order valence-corrected chi connectivity index (χ2v) is 8.86. The Morgan fingerprint density at radius 2 is 1.82 bits per heavy atom. The summed E-state index contributed by atoms with van der Waals surface area (Å²) in [5, 5.41) is 4.09. The van der Waals surface area contributed by atoms with E-state index < -0.39 is 10.0 Å². The summed E-state index contributed by atoms with van der Waals surface area (Å²) in [7, 11) is -1.63. The zero-order chi connectivity index (χ0) is 19.7. The Kier molecular flexibility index (Phi) is 5.01. The average Bonchev–Trinajstić information content (AvgIpc) is 3.29. The number of benzene rings is 2. The summed E-state index contributed by atoms with van der Waals surface area (Å²) in [4.78, 5) is 6.83. The summed E-state index contributed by atoms with van der Waals surface area (Å²) in [6.45, 7) is 2.59. The Morgan fingerprint density at radius 1 is 1.11 bits per heavy atom. The number of likely N-dealkylation sites (N-methyl/N-ethyl adjacent to an activating group) is 1. The summed E-state index contributed by atoms with van der Waals surface area (Å²) < 4.78 is 33.4. The number of aromatic nitrogens is 2. The molecule has 0 spiro atoms. The third-order valence-electron chi connectivity index (χ3n) is 4.96. The molecule has 1 aliphatic heterocycles. The molecule has 0 radical (unpaired) electrons. The standard InChI is InChI=1S/C20H22N4O3S/c1-14-8-10-15(11-9-14)19-21-20(27-22-19)18-12-16(13-24(18)2)23-28(25,26)17-6-4-3-5-7-17/h3-11,16,18,23H,12-13H2,1-2H3. The number of nitrogens with one attached hydrogen (secondary N) is 1. The van der Waals surface area contributed by atoms with Gasteiger partial charge >= 0.3 is 0 Å². The van der Waals surface area contributed by atoms with Crippen LogP contribution >= 0.6 is 0 Å². The van der Waals surface area contributed by atoms with Gasteiger partial charge in [0.15, 0.2) is 0 Å². The molecule has 2 unspecified atom stereocenters. The van der Waals surface area contributed by atoms with Crippen molar-refractivity contribution in [2.75, 3.05) is 13.6 Å². The monoisotopic (exact) mass is 398 g/mol. The van der Waals surface area contributed by atoms with Crippen LogP contribution in [-0.4, -0.2) is 43.1 Å². The first-order valence-corrected chi connectivity index (χ1v) is 10.6. The third kappa shape index (κ3) is 3.84. The second kappa shape index (κ2) is 7.46. The van der Waals surface area contributed by atoms with Crippen LogP contribution in [0, 0.1) is 6.92 Å². The quantitative estimate of drug-likeness (QED) is 0.711. The minimum Gasteiger partial charge on any atom is -0.337 e. The van der Waals surface area contributed by atoms with Crippen molar-refractivity contribution in [1.82, 2.24) is 19.8 Å². The molecule has 146 valence electrons. The van der Waals surface area contributed by atoms with Gasteiger partial charge in [0, 0.05) is 18.2 Å². The summed E-state index contributed by atoms with van der Waals surface area (Å²) >= 11 is 0. The van der Waals surface area contributed by atoms with Gasteiger partial charge in [0.05, 0.1) is 10.9 Å². The Morgan fingerprint density at radius 3 is 2.54 bits per heavy atom. The predicted octanol–water partition coefficient (Wildman–Crippen LogP) is 2.77. The molecule has 0 amide bonds. The molecular formula is C20H22N4O3S. The number of nitrogens with zero attached hydrogens (tertiary/aromatic N) is 3. The van der Waals surface area contributed by atoms with Crippen molar-refractivity contribution in [3.8, 4) is 11.4 Å². The van der Waals surface area contributed by atoms with Crippen molar-refractivity contribution in [2.24, 2.45) is 0 Å². The lowest BCUT2D eigenvalue weighted by atomic mass is 10.1. The molecule has 2 aromatic carbocycles. The van der Waals surface area contributed by atoms with Crippen molar-refractivity contribution < 1.29 is 12.9 Å². The Balaban J connectivity index is 1.48. The highest BCUT2D eigenvalue weighted by Crippen LogP contribution is 2.31. The first kappa shape index (κ1) is 18.8. The van der Waals surface area contributed by atoms with Crippen LogP contribution in [0.2, 0.25) is 0 Å². The number of likely N-dealkylation sites (tertiary alicyclic amines) is 1. The number of sulfonamides is 1. The van der Waals surface area contributed by atoms with Crippen LogP contribution in [0.4, 0.5) is 0 Å². The molecule has 0 bridgehead atoms. The fraction of sp³-hybridized carbons (Fsp3) is 0.300. The van der Waals surface area contributed by atoms with Gasteiger partial charge in [0.1, 0.15) is 0 Å². The van der Waals surface area contributed by atoms with Gasteiger partial charge in [-0.2, -0.15) is 4.98 Å². The lowest BCUT2D eigenvalue weighted by molar-refractivity contribution is 0.244. The number of hydrogen-bond acceptors (Lipinski definition) is 6. The van der Waals surface area contributed by atoms with Gasteiger partial charge in [-0.05, 0) is 32.5 Å². The van der Waals surface area contributed by atoms with Gasteiger partial charge in [-0.3, -0.25) is 4.90 Å². The first-order valence-electron chi connectivity index (χ1n) is 9.10. The fourth-order valence-electron chi connectivity index (χ4n) is 3.45. The molecule has 0 aliphatic carbocycles. The third-order valence-corrected chi connectivity index (χ3v) is 6.50. The normalized spacial score (nSPS) is 20.5. The van der Waals surface area contributed by atoms with Crippen LogP contribution in [0.1, 0.15) is 23.9 Å². The number of hydrogen-bond donors (Lipinski definition) is 1. The van der Waals surface area contributed by atoms with Gasteiger partial charge in [-0.25, -0.2) is 13.1 Å². The molecular weight excluding hydrogens is 376 g/mol. The average molecular weight is 398 g/mol. The van der Waals surface area contributed by atoms with Crippen LogP contribution in [0.5, 0.6) is 0 Å². The van der Waals surface area contributed by atoms with Crippen LogP contribution in [0.3, 0.4) is 0 Å². The molecule has 1 fully saturated rings. The fourth-order valence-corrected chi connectivity index (χ4v) is 4.71. The smallest absolute Gasteiger partial charge is 0.244 e. The predicted molar refractivity (Wildman–Crippen MR) is 105 cm³/mol. The Bertz CT molecular complexity index is 1050. The van der Waals surface area contributed by atoms with Crippen molar-refractivity contribution >= 4 is 10.0 Å². The van der Waals surface area contributed by atoms with E-state index in [0.29, 0.717) is 24.7 Å². The summed E-state index contributed by atoms with van der Waals surface area (Å²) in [5.74, 6) is 1.04. The van der Waals surface area contributed by atoms with Crippen molar-refractivity contribution in [3.05, 3.63) is 66.1 Å². The van der Waals surface area contributed by atoms with Gasteiger partial charge in [0.2, 0.25) is 21.7 Å². The van der Waals surface area contributed by atoms with E-state index in [1.54, 1.807) is 30.3 Å². The number of rotatable bonds is 5. The molecule has 4 rings (SSSR count). The van der Waals surface area contributed by atoms with Gasteiger partial charge in [-0.15, -0.1) is 0 Å². The van der Waals surface area contributed by atoms with E-state index in [-0.39, 0.29) is 17.0 Å².